The summed E-state index contributed by atoms with van der Waals surface area (Å²) in [5.74, 6) is 0.871. The highest BCUT2D eigenvalue weighted by Crippen LogP contribution is 2.09. The van der Waals surface area contributed by atoms with Crippen LogP contribution in [0.5, 0.6) is 0 Å². The predicted molar refractivity (Wildman–Crippen MR) is 85.3 cm³/mol. The zero-order chi connectivity index (χ0) is 13.6. The van der Waals surface area contributed by atoms with E-state index in [-0.39, 0.29) is 0 Å². The lowest BCUT2D eigenvalue weighted by atomic mass is 10.1. The van der Waals surface area contributed by atoms with E-state index in [1.54, 1.807) is 6.26 Å². The van der Waals surface area contributed by atoms with Crippen LogP contribution in [0.3, 0.4) is 0 Å². The molecular weight excluding hydrogens is 264 g/mol. The van der Waals surface area contributed by atoms with Gasteiger partial charge in [0.1, 0.15) is 0 Å². The molecule has 0 heterocycles. The Kier molecular flexibility index (Phi) is 13.2. The molecule has 18 heavy (non-hydrogen) atoms. The summed E-state index contributed by atoms with van der Waals surface area (Å²) in [6.45, 7) is 0.906. The topological polar surface area (TPSA) is 55.1 Å². The number of hydrogen-bond donors (Lipinski definition) is 2. The maximum atomic E-state index is 10.8. The first-order chi connectivity index (χ1) is 8.63. The molecule has 0 radical (unpaired) electrons. The molecule has 3 N–H and O–H groups in total. The van der Waals surface area contributed by atoms with E-state index in [1.807, 2.05) is 0 Å². The molecule has 0 spiro atoms. The van der Waals surface area contributed by atoms with Crippen molar-refractivity contribution < 1.29 is 4.21 Å². The molecule has 5 heteroatoms. The SMILES string of the molecule is C[S@](=O)CCCCCCCCCCCNC(N)=S. The van der Waals surface area contributed by atoms with Crippen molar-refractivity contribution in [1.29, 1.82) is 0 Å². The van der Waals surface area contributed by atoms with Gasteiger partial charge >= 0.3 is 0 Å². The van der Waals surface area contributed by atoms with E-state index in [2.05, 4.69) is 5.32 Å². The van der Waals surface area contributed by atoms with Gasteiger partial charge in [-0.05, 0) is 25.1 Å². The second-order valence-corrected chi connectivity index (χ2v) is 6.74. The molecule has 108 valence electrons. The molecule has 0 saturated carbocycles. The monoisotopic (exact) mass is 292 g/mol. The van der Waals surface area contributed by atoms with Crippen LogP contribution in [0.25, 0.3) is 0 Å². The Morgan fingerprint density at radius 1 is 1.00 bits per heavy atom. The van der Waals surface area contributed by atoms with Crippen LogP contribution in [0.2, 0.25) is 0 Å². The van der Waals surface area contributed by atoms with Gasteiger partial charge in [0.2, 0.25) is 0 Å². The Bertz CT molecular complexity index is 211. The van der Waals surface area contributed by atoms with Crippen LogP contribution in [-0.2, 0) is 10.8 Å². The molecule has 0 aliphatic rings. The van der Waals surface area contributed by atoms with Crippen LogP contribution in [-0.4, -0.2) is 27.9 Å². The molecule has 1 atom stereocenters. The van der Waals surface area contributed by atoms with Crippen molar-refractivity contribution in [2.45, 2.75) is 57.8 Å². The minimum absolute atomic E-state index is 0.406. The van der Waals surface area contributed by atoms with Crippen molar-refractivity contribution in [3.05, 3.63) is 0 Å². The number of hydrogen-bond acceptors (Lipinski definition) is 2. The second kappa shape index (κ2) is 13.3. The van der Waals surface area contributed by atoms with Gasteiger partial charge in [0.05, 0.1) is 0 Å². The molecule has 0 aromatic carbocycles. The zero-order valence-corrected chi connectivity index (χ0v) is 13.2. The lowest BCUT2D eigenvalue weighted by Gasteiger charge is -2.04. The summed E-state index contributed by atoms with van der Waals surface area (Å²) in [6, 6.07) is 0. The van der Waals surface area contributed by atoms with Crippen LogP contribution >= 0.6 is 12.2 Å². The first-order valence-corrected chi connectivity index (χ1v) is 9.10. The van der Waals surface area contributed by atoms with Gasteiger partial charge in [-0.15, -0.1) is 0 Å². The van der Waals surface area contributed by atoms with Crippen molar-refractivity contribution in [1.82, 2.24) is 5.32 Å². The van der Waals surface area contributed by atoms with Crippen molar-refractivity contribution in [3.8, 4) is 0 Å². The van der Waals surface area contributed by atoms with Gasteiger partial charge in [0.15, 0.2) is 5.11 Å². The van der Waals surface area contributed by atoms with Crippen molar-refractivity contribution in [3.63, 3.8) is 0 Å². The average Bonchev–Trinajstić information content (AvgIpc) is 2.29. The summed E-state index contributed by atoms with van der Waals surface area (Å²) in [5, 5.41) is 3.37. The third-order valence-electron chi connectivity index (χ3n) is 2.91. The van der Waals surface area contributed by atoms with Gasteiger partial charge in [-0.1, -0.05) is 44.9 Å². The molecule has 0 rings (SSSR count). The van der Waals surface area contributed by atoms with E-state index < -0.39 is 10.8 Å². The zero-order valence-electron chi connectivity index (χ0n) is 11.6. The van der Waals surface area contributed by atoms with E-state index >= 15 is 0 Å². The molecule has 3 nitrogen and oxygen atoms in total. The van der Waals surface area contributed by atoms with Crippen molar-refractivity contribution in [2.75, 3.05) is 18.6 Å². The summed E-state index contributed by atoms with van der Waals surface area (Å²) in [4.78, 5) is 0. The fourth-order valence-electron chi connectivity index (χ4n) is 1.88. The van der Waals surface area contributed by atoms with E-state index in [0.29, 0.717) is 5.11 Å². The first-order valence-electron chi connectivity index (χ1n) is 6.96. The smallest absolute Gasteiger partial charge is 0.163 e. The largest absolute Gasteiger partial charge is 0.376 e. The Morgan fingerprint density at radius 3 is 1.89 bits per heavy atom. The standard InChI is InChI=1S/C13H28N2OS2/c1-18(16)12-10-8-6-4-2-3-5-7-9-11-15-13(14)17/h2-12H2,1H3,(H3,14,15,17)/t18-/m0/s1. The maximum Gasteiger partial charge on any atom is 0.163 e. The van der Waals surface area contributed by atoms with Crippen LogP contribution in [0.15, 0.2) is 0 Å². The number of nitrogens with one attached hydrogen (secondary N) is 1. The molecule has 0 bridgehead atoms. The van der Waals surface area contributed by atoms with Crippen LogP contribution < -0.4 is 11.1 Å². The first kappa shape index (κ1) is 17.8. The average molecular weight is 293 g/mol. The lowest BCUT2D eigenvalue weighted by molar-refractivity contribution is 0.563. The summed E-state index contributed by atoms with van der Waals surface area (Å²) in [6.07, 6.45) is 13.1. The number of rotatable bonds is 12. The fourth-order valence-corrected chi connectivity index (χ4v) is 2.59. The van der Waals surface area contributed by atoms with Gasteiger partial charge < -0.3 is 11.1 Å². The van der Waals surface area contributed by atoms with E-state index in [4.69, 9.17) is 18.0 Å². The molecule has 0 aliphatic carbocycles. The Labute approximate surface area is 120 Å². The van der Waals surface area contributed by atoms with Crippen LogP contribution in [0, 0.1) is 0 Å². The highest BCUT2D eigenvalue weighted by atomic mass is 32.2. The molecule has 0 aliphatic heterocycles. The number of nitrogens with two attached hydrogens (primary N) is 1. The third kappa shape index (κ3) is 15.8. The molecule has 0 unspecified atom stereocenters. The number of unbranched alkanes of at least 4 members (excludes halogenated alkanes) is 8. The minimum Gasteiger partial charge on any atom is -0.376 e. The predicted octanol–water partition coefficient (Wildman–Crippen LogP) is 2.71. The molecule has 0 amide bonds. The lowest BCUT2D eigenvalue weighted by Crippen LogP contribution is -2.29. The summed E-state index contributed by atoms with van der Waals surface area (Å²) in [5.41, 5.74) is 5.33. The molecular formula is C13H28N2OS2. The molecule has 0 aromatic heterocycles. The molecule has 0 aromatic rings. The highest BCUT2D eigenvalue weighted by molar-refractivity contribution is 7.84. The van der Waals surface area contributed by atoms with E-state index in [9.17, 15) is 4.21 Å². The van der Waals surface area contributed by atoms with Gasteiger partial charge in [-0.3, -0.25) is 4.21 Å². The van der Waals surface area contributed by atoms with Crippen LogP contribution in [0.1, 0.15) is 57.8 Å². The quantitative estimate of drug-likeness (QED) is 0.429. The van der Waals surface area contributed by atoms with E-state index in [0.717, 1.165) is 25.1 Å². The fraction of sp³-hybridized carbons (Fsp3) is 0.923. The Morgan fingerprint density at radius 2 is 1.44 bits per heavy atom. The van der Waals surface area contributed by atoms with Gasteiger partial charge in [0.25, 0.3) is 0 Å². The number of thiocarbonyl (C=S) groups is 1. The summed E-state index contributed by atoms with van der Waals surface area (Å²) >= 11 is 4.73. The van der Waals surface area contributed by atoms with Crippen molar-refractivity contribution >= 4 is 28.1 Å². The van der Waals surface area contributed by atoms with Gasteiger partial charge in [-0.2, -0.15) is 0 Å². The minimum atomic E-state index is -0.607. The second-order valence-electron chi connectivity index (χ2n) is 4.75. The van der Waals surface area contributed by atoms with E-state index in [1.165, 1.54) is 44.9 Å². The highest BCUT2D eigenvalue weighted by Gasteiger charge is 1.94. The molecule has 0 fully saturated rings. The van der Waals surface area contributed by atoms with Gasteiger partial charge in [-0.25, -0.2) is 0 Å². The maximum absolute atomic E-state index is 10.8. The van der Waals surface area contributed by atoms with Crippen LogP contribution in [0.4, 0.5) is 0 Å². The third-order valence-corrected chi connectivity index (χ3v) is 3.92. The Balaban J connectivity index is 2.99. The Hall–Kier alpha value is -0.160. The normalized spacial score (nSPS) is 12.3. The molecule has 0 saturated heterocycles. The summed E-state index contributed by atoms with van der Waals surface area (Å²) in [7, 11) is -0.607. The van der Waals surface area contributed by atoms with Gasteiger partial charge in [0, 0.05) is 29.4 Å². The summed E-state index contributed by atoms with van der Waals surface area (Å²) < 4.78 is 10.8. The van der Waals surface area contributed by atoms with Crippen molar-refractivity contribution in [2.24, 2.45) is 5.73 Å².